The van der Waals surface area contributed by atoms with Gasteiger partial charge in [0.2, 0.25) is 11.8 Å². The average Bonchev–Trinajstić information content (AvgIpc) is 3.10. The van der Waals surface area contributed by atoms with Gasteiger partial charge in [0.25, 0.3) is 0 Å². The number of fused-ring (bicyclic) bond motifs is 1. The molecule has 1 atom stereocenters. The van der Waals surface area contributed by atoms with Gasteiger partial charge in [0, 0.05) is 44.0 Å². The van der Waals surface area contributed by atoms with Crippen LogP contribution in [0.25, 0.3) is 0 Å². The van der Waals surface area contributed by atoms with E-state index in [-0.39, 0.29) is 17.9 Å². The van der Waals surface area contributed by atoms with Crippen molar-refractivity contribution < 1.29 is 9.32 Å². The Morgan fingerprint density at radius 2 is 2.30 bits per heavy atom. The molecule has 0 saturated heterocycles. The Hall–Kier alpha value is -2.18. The van der Waals surface area contributed by atoms with Gasteiger partial charge < -0.3 is 14.4 Å². The number of aromatic nitrogens is 4. The van der Waals surface area contributed by atoms with Crippen LogP contribution in [0.15, 0.2) is 10.7 Å². The van der Waals surface area contributed by atoms with Crippen LogP contribution in [-0.4, -0.2) is 31.6 Å². The Morgan fingerprint density at radius 1 is 1.48 bits per heavy atom. The fourth-order valence-corrected chi connectivity index (χ4v) is 2.83. The molecule has 7 heteroatoms. The summed E-state index contributed by atoms with van der Waals surface area (Å²) in [6.07, 6.45) is 4.72. The van der Waals surface area contributed by atoms with Gasteiger partial charge in [0.15, 0.2) is 5.82 Å². The van der Waals surface area contributed by atoms with Gasteiger partial charge in [-0.05, 0) is 13.3 Å². The van der Waals surface area contributed by atoms with Crippen molar-refractivity contribution in [2.75, 3.05) is 0 Å². The lowest BCUT2D eigenvalue weighted by Crippen LogP contribution is -2.41. The molecule has 124 valence electrons. The highest BCUT2D eigenvalue weighted by Gasteiger charge is 2.21. The van der Waals surface area contributed by atoms with Gasteiger partial charge in [-0.25, -0.2) is 4.98 Å². The number of hydrogen-bond acceptors (Lipinski definition) is 5. The molecule has 1 amide bonds. The molecule has 0 unspecified atom stereocenters. The molecule has 1 aliphatic heterocycles. The van der Waals surface area contributed by atoms with E-state index in [9.17, 15) is 4.79 Å². The predicted octanol–water partition coefficient (Wildman–Crippen LogP) is 1.76. The number of aryl methyl sites for hydroxylation is 3. The Bertz CT molecular complexity index is 688. The molecule has 0 aromatic carbocycles. The van der Waals surface area contributed by atoms with Crippen molar-refractivity contribution in [2.24, 2.45) is 0 Å². The Labute approximate surface area is 135 Å². The van der Waals surface area contributed by atoms with E-state index in [0.717, 1.165) is 30.9 Å². The second-order valence-corrected chi connectivity index (χ2v) is 6.46. The third-order valence-corrected chi connectivity index (χ3v) is 4.04. The maximum atomic E-state index is 12.1. The van der Waals surface area contributed by atoms with Crippen LogP contribution in [0.4, 0.5) is 0 Å². The van der Waals surface area contributed by atoms with E-state index in [0.29, 0.717) is 24.6 Å². The molecule has 3 rings (SSSR count). The molecule has 0 aliphatic carbocycles. The largest absolute Gasteiger partial charge is 0.352 e. The van der Waals surface area contributed by atoms with Crippen molar-refractivity contribution in [1.82, 2.24) is 25.0 Å². The summed E-state index contributed by atoms with van der Waals surface area (Å²) in [5, 5.41) is 7.00. The molecule has 1 N–H and O–H groups in total. The molecule has 3 heterocycles. The number of nitrogens with zero attached hydrogens (tertiary/aromatic N) is 4. The van der Waals surface area contributed by atoms with Gasteiger partial charge in [-0.3, -0.25) is 4.79 Å². The summed E-state index contributed by atoms with van der Waals surface area (Å²) in [6.45, 7) is 6.81. The molecule has 0 fully saturated rings. The molecule has 1 aliphatic rings. The topological polar surface area (TPSA) is 85.8 Å². The summed E-state index contributed by atoms with van der Waals surface area (Å²) >= 11 is 0. The first kappa shape index (κ1) is 15.7. The number of nitrogens with one attached hydrogen (secondary N) is 1. The fraction of sp³-hybridized carbons (Fsp3) is 0.625. The van der Waals surface area contributed by atoms with Crippen LogP contribution < -0.4 is 5.32 Å². The van der Waals surface area contributed by atoms with Gasteiger partial charge in [-0.1, -0.05) is 19.0 Å². The Morgan fingerprint density at radius 3 is 3.04 bits per heavy atom. The van der Waals surface area contributed by atoms with Crippen molar-refractivity contribution in [3.05, 3.63) is 29.4 Å². The van der Waals surface area contributed by atoms with Gasteiger partial charge in [0.05, 0.1) is 5.69 Å². The molecule has 23 heavy (non-hydrogen) atoms. The zero-order valence-corrected chi connectivity index (χ0v) is 13.9. The first-order valence-corrected chi connectivity index (χ1v) is 8.15. The van der Waals surface area contributed by atoms with Crippen molar-refractivity contribution in [1.29, 1.82) is 0 Å². The van der Waals surface area contributed by atoms with E-state index in [1.54, 1.807) is 0 Å². The normalized spacial score (nSPS) is 17.3. The van der Waals surface area contributed by atoms with Crippen LogP contribution >= 0.6 is 0 Å². The van der Waals surface area contributed by atoms with Crippen LogP contribution in [0, 0.1) is 6.92 Å². The lowest BCUT2D eigenvalue weighted by molar-refractivity contribution is -0.122. The minimum atomic E-state index is 0.0274. The van der Waals surface area contributed by atoms with Gasteiger partial charge in [-0.15, -0.1) is 0 Å². The number of imidazole rings is 1. The zero-order chi connectivity index (χ0) is 16.4. The number of rotatable bonds is 5. The van der Waals surface area contributed by atoms with E-state index in [1.165, 1.54) is 0 Å². The maximum absolute atomic E-state index is 12.1. The molecule has 0 spiro atoms. The fourth-order valence-electron chi connectivity index (χ4n) is 2.83. The second-order valence-electron chi connectivity index (χ2n) is 6.46. The summed E-state index contributed by atoms with van der Waals surface area (Å²) in [7, 11) is 0. The number of amides is 1. The van der Waals surface area contributed by atoms with E-state index < -0.39 is 0 Å². The third kappa shape index (κ3) is 3.78. The van der Waals surface area contributed by atoms with Gasteiger partial charge in [-0.2, -0.15) is 4.98 Å². The summed E-state index contributed by atoms with van der Waals surface area (Å²) in [6, 6.07) is 0.164. The molecule has 2 aromatic heterocycles. The highest BCUT2D eigenvalue weighted by Crippen LogP contribution is 2.15. The van der Waals surface area contributed by atoms with Gasteiger partial charge >= 0.3 is 0 Å². The second kappa shape index (κ2) is 6.52. The van der Waals surface area contributed by atoms with Crippen LogP contribution in [0.1, 0.15) is 55.8 Å². The van der Waals surface area contributed by atoms with Crippen LogP contribution in [0.5, 0.6) is 0 Å². The molecule has 0 radical (unpaired) electrons. The Kier molecular flexibility index (Phi) is 4.45. The standard InChI is InChI=1S/C16H23N5O2/c1-10(2)16-19-15(23-20-16)7-6-14(22)18-12-4-5-13-17-11(3)8-21(13)9-12/h8,10,12H,4-7,9H2,1-3H3,(H,18,22)/t12-/m0/s1. The lowest BCUT2D eigenvalue weighted by Gasteiger charge is -2.24. The maximum Gasteiger partial charge on any atom is 0.227 e. The van der Waals surface area contributed by atoms with Crippen LogP contribution in [-0.2, 0) is 24.2 Å². The molecule has 7 nitrogen and oxygen atoms in total. The highest BCUT2D eigenvalue weighted by molar-refractivity contribution is 5.76. The van der Waals surface area contributed by atoms with E-state index >= 15 is 0 Å². The average molecular weight is 317 g/mol. The number of carbonyl (C=O) groups is 1. The summed E-state index contributed by atoms with van der Waals surface area (Å²) in [5.74, 6) is 2.59. The first-order valence-electron chi connectivity index (χ1n) is 8.15. The SMILES string of the molecule is Cc1cn2c(n1)CC[C@H](NC(=O)CCc1nc(C(C)C)no1)C2. The van der Waals surface area contributed by atoms with E-state index in [2.05, 4.69) is 25.0 Å². The van der Waals surface area contributed by atoms with Crippen LogP contribution in [0.3, 0.4) is 0 Å². The van der Waals surface area contributed by atoms with E-state index in [1.807, 2.05) is 27.0 Å². The van der Waals surface area contributed by atoms with Crippen molar-refractivity contribution in [2.45, 2.75) is 65.0 Å². The quantitative estimate of drug-likeness (QED) is 0.908. The van der Waals surface area contributed by atoms with Crippen molar-refractivity contribution in [3.63, 3.8) is 0 Å². The molecule has 0 saturated carbocycles. The van der Waals surface area contributed by atoms with Gasteiger partial charge in [0.1, 0.15) is 5.82 Å². The first-order chi connectivity index (χ1) is 11.0. The third-order valence-electron chi connectivity index (χ3n) is 4.04. The van der Waals surface area contributed by atoms with Crippen molar-refractivity contribution >= 4 is 5.91 Å². The summed E-state index contributed by atoms with van der Waals surface area (Å²) in [5.41, 5.74) is 1.03. The molecule has 2 aromatic rings. The minimum absolute atomic E-state index is 0.0274. The summed E-state index contributed by atoms with van der Waals surface area (Å²) < 4.78 is 7.30. The van der Waals surface area contributed by atoms with Crippen LogP contribution in [0.2, 0.25) is 0 Å². The van der Waals surface area contributed by atoms with E-state index in [4.69, 9.17) is 4.52 Å². The summed E-state index contributed by atoms with van der Waals surface area (Å²) in [4.78, 5) is 20.9. The smallest absolute Gasteiger partial charge is 0.227 e. The minimum Gasteiger partial charge on any atom is -0.352 e. The molecular formula is C16H23N5O2. The Balaban J connectivity index is 1.48. The monoisotopic (exact) mass is 317 g/mol. The molecular weight excluding hydrogens is 294 g/mol. The predicted molar refractivity (Wildman–Crippen MR) is 83.9 cm³/mol. The number of carbonyl (C=O) groups excluding carboxylic acids is 1. The highest BCUT2D eigenvalue weighted by atomic mass is 16.5. The zero-order valence-electron chi connectivity index (χ0n) is 13.9. The van der Waals surface area contributed by atoms with Crippen molar-refractivity contribution in [3.8, 4) is 0 Å². The number of hydrogen-bond donors (Lipinski definition) is 1. The molecule has 0 bridgehead atoms. The lowest BCUT2D eigenvalue weighted by atomic mass is 10.1.